The second-order valence-corrected chi connectivity index (χ2v) is 6.83. The van der Waals surface area contributed by atoms with Gasteiger partial charge in [-0.2, -0.15) is 0 Å². The molecule has 25 heavy (non-hydrogen) atoms. The number of aryl methyl sites for hydroxylation is 1. The summed E-state index contributed by atoms with van der Waals surface area (Å²) in [6.45, 7) is 3.85. The molecule has 0 radical (unpaired) electrons. The molecule has 1 unspecified atom stereocenters. The van der Waals surface area contributed by atoms with Gasteiger partial charge in [-0.05, 0) is 50.2 Å². The van der Waals surface area contributed by atoms with Crippen LogP contribution in [-0.2, 0) is 16.0 Å². The Morgan fingerprint density at radius 2 is 1.84 bits per heavy atom. The van der Waals surface area contributed by atoms with Gasteiger partial charge in [0.25, 0.3) is 0 Å². The van der Waals surface area contributed by atoms with E-state index >= 15 is 0 Å². The summed E-state index contributed by atoms with van der Waals surface area (Å²) >= 11 is 0. The van der Waals surface area contributed by atoms with Crippen molar-refractivity contribution in [2.45, 2.75) is 64.5 Å². The number of hydrogen-bond donors (Lipinski definition) is 2. The number of benzene rings is 1. The van der Waals surface area contributed by atoms with Crippen molar-refractivity contribution in [3.63, 3.8) is 0 Å². The van der Waals surface area contributed by atoms with Crippen LogP contribution in [0.15, 0.2) is 35.5 Å². The Morgan fingerprint density at radius 3 is 2.48 bits per heavy atom. The lowest BCUT2D eigenvalue weighted by atomic mass is 9.94. The van der Waals surface area contributed by atoms with Crippen LogP contribution in [0.5, 0.6) is 0 Å². The highest BCUT2D eigenvalue weighted by Gasteiger charge is 2.33. The Kier molecular flexibility index (Phi) is 5.41. The van der Waals surface area contributed by atoms with Gasteiger partial charge >= 0.3 is 12.0 Å². The number of ether oxygens (including phenoxy) is 1. The van der Waals surface area contributed by atoms with Gasteiger partial charge in [0.1, 0.15) is 6.10 Å². The van der Waals surface area contributed by atoms with Crippen LogP contribution in [0.1, 0.15) is 63.1 Å². The molecular formula is C20H26N2O3. The van der Waals surface area contributed by atoms with E-state index in [1.54, 1.807) is 6.92 Å². The van der Waals surface area contributed by atoms with E-state index in [2.05, 4.69) is 17.6 Å². The monoisotopic (exact) mass is 342 g/mol. The average molecular weight is 342 g/mol. The third kappa shape index (κ3) is 4.03. The molecular weight excluding hydrogens is 316 g/mol. The second-order valence-electron chi connectivity index (χ2n) is 6.83. The molecule has 2 aliphatic rings. The first kappa shape index (κ1) is 17.5. The summed E-state index contributed by atoms with van der Waals surface area (Å²) in [6.07, 6.45) is 6.20. The van der Waals surface area contributed by atoms with Gasteiger partial charge < -0.3 is 15.4 Å². The van der Waals surface area contributed by atoms with E-state index in [4.69, 9.17) is 4.74 Å². The lowest BCUT2D eigenvalue weighted by Gasteiger charge is -2.30. The fraction of sp³-hybridized carbons (Fsp3) is 0.500. The number of allylic oxidation sites excluding steroid dienone is 1. The molecule has 1 atom stereocenters. The van der Waals surface area contributed by atoms with E-state index in [0.717, 1.165) is 37.7 Å². The maximum atomic E-state index is 12.8. The quantitative estimate of drug-likeness (QED) is 0.819. The predicted octanol–water partition coefficient (Wildman–Crippen LogP) is 3.75. The third-order valence-electron chi connectivity index (χ3n) is 5.04. The number of carbonyl (C=O) groups is 2. The number of rotatable bonds is 4. The molecule has 0 bridgehead atoms. The van der Waals surface area contributed by atoms with Crippen LogP contribution in [0.2, 0.25) is 0 Å². The van der Waals surface area contributed by atoms with E-state index in [9.17, 15) is 9.59 Å². The maximum Gasteiger partial charge on any atom is 0.338 e. The van der Waals surface area contributed by atoms with Gasteiger partial charge in [-0.3, -0.25) is 0 Å². The van der Waals surface area contributed by atoms with Crippen LogP contribution < -0.4 is 10.6 Å². The Morgan fingerprint density at radius 1 is 1.16 bits per heavy atom. The van der Waals surface area contributed by atoms with E-state index in [1.165, 1.54) is 12.0 Å². The van der Waals surface area contributed by atoms with Crippen molar-refractivity contribution in [1.29, 1.82) is 0 Å². The summed E-state index contributed by atoms with van der Waals surface area (Å²) in [5, 5.41) is 5.56. The minimum Gasteiger partial charge on any atom is -0.459 e. The van der Waals surface area contributed by atoms with E-state index in [-0.39, 0.29) is 18.1 Å². The molecule has 2 amide bonds. The first-order chi connectivity index (χ1) is 12.1. The van der Waals surface area contributed by atoms with Crippen molar-refractivity contribution < 1.29 is 14.3 Å². The van der Waals surface area contributed by atoms with Crippen molar-refractivity contribution in [3.05, 3.63) is 46.7 Å². The first-order valence-electron chi connectivity index (χ1n) is 9.16. The summed E-state index contributed by atoms with van der Waals surface area (Å²) < 4.78 is 5.74. The summed E-state index contributed by atoms with van der Waals surface area (Å²) in [4.78, 5) is 24.7. The van der Waals surface area contributed by atoms with Gasteiger partial charge in [0.15, 0.2) is 0 Å². The molecule has 1 aromatic carbocycles. The second kappa shape index (κ2) is 7.72. The molecule has 0 spiro atoms. The molecule has 1 fully saturated rings. The molecule has 1 aliphatic heterocycles. The number of urea groups is 1. The topological polar surface area (TPSA) is 67.4 Å². The Hall–Kier alpha value is -2.30. The highest BCUT2D eigenvalue weighted by Crippen LogP contribution is 2.29. The fourth-order valence-electron chi connectivity index (χ4n) is 3.56. The Bertz CT molecular complexity index is 673. The average Bonchev–Trinajstić information content (AvgIpc) is 2.62. The lowest BCUT2D eigenvalue weighted by Crippen LogP contribution is -2.45. The molecule has 0 aromatic heterocycles. The van der Waals surface area contributed by atoms with Gasteiger partial charge in [0.05, 0.1) is 11.6 Å². The molecule has 1 aromatic rings. The number of carbonyl (C=O) groups excluding carboxylic acids is 2. The van der Waals surface area contributed by atoms with Crippen LogP contribution in [0.25, 0.3) is 0 Å². The van der Waals surface area contributed by atoms with Crippen molar-refractivity contribution in [1.82, 2.24) is 10.6 Å². The zero-order valence-electron chi connectivity index (χ0n) is 14.9. The van der Waals surface area contributed by atoms with E-state index < -0.39 is 6.04 Å². The number of esters is 1. The van der Waals surface area contributed by atoms with Gasteiger partial charge in [0.2, 0.25) is 0 Å². The fourth-order valence-corrected chi connectivity index (χ4v) is 3.56. The van der Waals surface area contributed by atoms with Crippen LogP contribution in [-0.4, -0.2) is 18.1 Å². The summed E-state index contributed by atoms with van der Waals surface area (Å²) in [7, 11) is 0. The Balaban J connectivity index is 1.84. The predicted molar refractivity (Wildman–Crippen MR) is 95.9 cm³/mol. The summed E-state index contributed by atoms with van der Waals surface area (Å²) in [5.41, 5.74) is 3.17. The van der Waals surface area contributed by atoms with Crippen molar-refractivity contribution in [2.75, 3.05) is 0 Å². The normalized spacial score (nSPS) is 21.5. The number of hydrogen-bond acceptors (Lipinski definition) is 3. The van der Waals surface area contributed by atoms with Gasteiger partial charge in [-0.25, -0.2) is 9.59 Å². The molecule has 5 heteroatoms. The van der Waals surface area contributed by atoms with Gasteiger partial charge in [-0.1, -0.05) is 37.6 Å². The lowest BCUT2D eigenvalue weighted by molar-refractivity contribution is -0.146. The SMILES string of the molecule is CCc1ccc(C2NC(=O)NC(C)=C2C(=O)OC2CCCCC2)cc1. The summed E-state index contributed by atoms with van der Waals surface area (Å²) in [6, 6.07) is 7.23. The van der Waals surface area contributed by atoms with Crippen LogP contribution >= 0.6 is 0 Å². The first-order valence-corrected chi connectivity index (χ1v) is 9.16. The molecule has 1 heterocycles. The zero-order valence-corrected chi connectivity index (χ0v) is 14.9. The van der Waals surface area contributed by atoms with Gasteiger partial charge in [0, 0.05) is 5.70 Å². The van der Waals surface area contributed by atoms with Gasteiger partial charge in [-0.15, -0.1) is 0 Å². The maximum absolute atomic E-state index is 12.8. The molecule has 1 aliphatic carbocycles. The van der Waals surface area contributed by atoms with Crippen molar-refractivity contribution in [3.8, 4) is 0 Å². The molecule has 3 rings (SSSR count). The molecule has 5 nitrogen and oxygen atoms in total. The molecule has 2 N–H and O–H groups in total. The molecule has 1 saturated carbocycles. The van der Waals surface area contributed by atoms with E-state index in [0.29, 0.717) is 11.3 Å². The molecule has 0 saturated heterocycles. The van der Waals surface area contributed by atoms with Crippen LogP contribution in [0.4, 0.5) is 4.79 Å². The Labute approximate surface area is 148 Å². The number of nitrogens with one attached hydrogen (secondary N) is 2. The largest absolute Gasteiger partial charge is 0.459 e. The minimum absolute atomic E-state index is 0.0118. The van der Waals surface area contributed by atoms with Crippen LogP contribution in [0, 0.1) is 0 Å². The van der Waals surface area contributed by atoms with Crippen molar-refractivity contribution in [2.24, 2.45) is 0 Å². The van der Waals surface area contributed by atoms with Crippen molar-refractivity contribution >= 4 is 12.0 Å². The van der Waals surface area contributed by atoms with E-state index in [1.807, 2.05) is 24.3 Å². The standard InChI is InChI=1S/C20H26N2O3/c1-3-14-9-11-15(12-10-14)18-17(13(2)21-20(24)22-18)19(23)25-16-7-5-4-6-8-16/h9-12,16,18H,3-8H2,1-2H3,(H2,21,22,24). The highest BCUT2D eigenvalue weighted by atomic mass is 16.5. The number of amides is 2. The summed E-state index contributed by atoms with van der Waals surface area (Å²) in [5.74, 6) is -0.332. The molecule has 134 valence electrons. The van der Waals surface area contributed by atoms with Crippen LogP contribution in [0.3, 0.4) is 0 Å². The smallest absolute Gasteiger partial charge is 0.338 e. The minimum atomic E-state index is -0.476. The highest BCUT2D eigenvalue weighted by molar-refractivity contribution is 5.95. The zero-order chi connectivity index (χ0) is 17.8. The third-order valence-corrected chi connectivity index (χ3v) is 5.04.